The van der Waals surface area contributed by atoms with Crippen LogP contribution in [-0.4, -0.2) is 82.6 Å². The van der Waals surface area contributed by atoms with Crippen molar-refractivity contribution in [1.82, 2.24) is 4.90 Å². The fraction of sp³-hybridized carbons (Fsp3) is 0.370. The van der Waals surface area contributed by atoms with E-state index in [9.17, 15) is 34.8 Å². The van der Waals surface area contributed by atoms with E-state index < -0.39 is 58.0 Å². The number of aliphatic hydroxyl groups is 3. The van der Waals surface area contributed by atoms with Gasteiger partial charge < -0.3 is 31.1 Å². The van der Waals surface area contributed by atoms with Gasteiger partial charge in [0.1, 0.15) is 22.8 Å². The van der Waals surface area contributed by atoms with E-state index in [4.69, 9.17) is 5.73 Å². The number of carbonyl (C=O) groups is 3. The number of nitrogens with two attached hydrogens (primary N) is 1. The maximum absolute atomic E-state index is 14.0. The summed E-state index contributed by atoms with van der Waals surface area (Å²) in [6.45, 7) is 0. The van der Waals surface area contributed by atoms with E-state index in [-0.39, 0.29) is 29.7 Å². The topological polar surface area (TPSA) is 165 Å². The number of hydrogen-bond donors (Lipinski definition) is 5. The molecule has 1 aromatic heterocycles. The normalized spacial score (nSPS) is 26.8. The van der Waals surface area contributed by atoms with Crippen LogP contribution >= 0.6 is 11.3 Å². The molecule has 0 saturated heterocycles. The maximum Gasteiger partial charge on any atom is 0.255 e. The Morgan fingerprint density at radius 1 is 1.16 bits per heavy atom. The summed E-state index contributed by atoms with van der Waals surface area (Å²) in [5.41, 5.74) is 3.63. The molecule has 5 rings (SSSR count). The number of phenolic OH excluding ortho intramolecular Hbond substituents is 1. The molecule has 38 heavy (non-hydrogen) atoms. The molecule has 6 N–H and O–H groups in total. The molecular weight excluding hydrogens is 510 g/mol. The molecule has 0 bridgehead atoms. The van der Waals surface area contributed by atoms with Gasteiger partial charge in [-0.25, -0.2) is 0 Å². The molecule has 1 saturated carbocycles. The van der Waals surface area contributed by atoms with Gasteiger partial charge in [-0.1, -0.05) is 6.07 Å². The van der Waals surface area contributed by atoms with Crippen molar-refractivity contribution in [2.24, 2.45) is 17.6 Å². The Balaban J connectivity index is 1.78. The Hall–Kier alpha value is -3.67. The molecule has 0 aliphatic heterocycles. The van der Waals surface area contributed by atoms with Crippen molar-refractivity contribution in [3.8, 4) is 16.2 Å². The van der Waals surface area contributed by atoms with Gasteiger partial charge in [0.15, 0.2) is 11.4 Å². The number of amides is 1. The Bertz CT molecular complexity index is 1460. The molecule has 4 atom stereocenters. The number of nitrogens with zero attached hydrogens (tertiary/aromatic N) is 2. The standard InChI is InChI=1S/C27H29N3O7S/c1-29(2)15-10-13(16-6-5-7-38-16)21(31)18-12(15)8-11-9-14-20(30(3)4)23(33)19(26(28)36)25(35)27(14,37)24(34)17(11)22(18)32/h5-7,10-11,14,20,31-32,35,37H,8-9H2,1-4H3,(H2,28,36)/t11-,14-,20-,27-/m0/s1. The van der Waals surface area contributed by atoms with Gasteiger partial charge in [-0.3, -0.25) is 19.3 Å². The van der Waals surface area contributed by atoms with Crippen molar-refractivity contribution in [1.29, 1.82) is 0 Å². The van der Waals surface area contributed by atoms with Crippen LogP contribution in [0.5, 0.6) is 5.75 Å². The lowest BCUT2D eigenvalue weighted by molar-refractivity contribution is -0.153. The number of anilines is 1. The first-order valence-corrected chi connectivity index (χ1v) is 12.9. The van der Waals surface area contributed by atoms with E-state index >= 15 is 0 Å². The van der Waals surface area contributed by atoms with Gasteiger partial charge in [0.25, 0.3) is 5.91 Å². The lowest BCUT2D eigenvalue weighted by atomic mass is 9.57. The van der Waals surface area contributed by atoms with Crippen LogP contribution in [0.15, 0.2) is 40.5 Å². The van der Waals surface area contributed by atoms with E-state index in [1.165, 1.54) is 16.2 Å². The molecule has 3 aliphatic carbocycles. The second-order valence-electron chi connectivity index (χ2n) is 10.5. The SMILES string of the molecule is CN(C)c1cc(-c2cccs2)c(O)c2c1C[C@H]1C[C@H]3[C@H](N(C)C)C(=O)C(C(N)=O)=C(O)[C@@]3(O)C(=O)C1=C2O. The average molecular weight is 540 g/mol. The molecule has 1 aromatic carbocycles. The van der Waals surface area contributed by atoms with Crippen molar-refractivity contribution < 1.29 is 34.8 Å². The zero-order chi connectivity index (χ0) is 27.8. The fourth-order valence-corrected chi connectivity index (χ4v) is 7.05. The summed E-state index contributed by atoms with van der Waals surface area (Å²) >= 11 is 1.40. The molecule has 11 heteroatoms. The highest BCUT2D eigenvalue weighted by atomic mass is 32.1. The highest BCUT2D eigenvalue weighted by molar-refractivity contribution is 7.13. The van der Waals surface area contributed by atoms with Crippen molar-refractivity contribution in [2.45, 2.75) is 24.5 Å². The van der Waals surface area contributed by atoms with Crippen LogP contribution in [0.1, 0.15) is 17.5 Å². The Morgan fingerprint density at radius 3 is 2.39 bits per heavy atom. The van der Waals surface area contributed by atoms with E-state index in [1.54, 1.807) is 14.1 Å². The summed E-state index contributed by atoms with van der Waals surface area (Å²) in [6, 6.07) is 4.38. The number of aromatic hydroxyl groups is 1. The third-order valence-electron chi connectivity index (χ3n) is 7.97. The van der Waals surface area contributed by atoms with Crippen molar-refractivity contribution in [3.05, 3.63) is 51.6 Å². The molecule has 1 fully saturated rings. The van der Waals surface area contributed by atoms with E-state index in [2.05, 4.69) is 0 Å². The molecule has 0 unspecified atom stereocenters. The maximum atomic E-state index is 14.0. The largest absolute Gasteiger partial charge is 0.508 e. The zero-order valence-corrected chi connectivity index (χ0v) is 22.2. The van der Waals surface area contributed by atoms with Gasteiger partial charge >= 0.3 is 0 Å². The molecular formula is C27H29N3O7S. The van der Waals surface area contributed by atoms with Crippen LogP contribution in [0, 0.1) is 11.8 Å². The number of rotatable bonds is 4. The zero-order valence-electron chi connectivity index (χ0n) is 21.3. The number of likely N-dealkylation sites (N-methyl/N-ethyl adjacent to an activating group) is 1. The van der Waals surface area contributed by atoms with E-state index in [1.807, 2.05) is 42.6 Å². The van der Waals surface area contributed by atoms with Crippen LogP contribution in [0.2, 0.25) is 0 Å². The average Bonchev–Trinajstić information content (AvgIpc) is 3.35. The number of phenols is 1. The summed E-state index contributed by atoms with van der Waals surface area (Å²) in [5.74, 6) is -6.60. The summed E-state index contributed by atoms with van der Waals surface area (Å²) < 4.78 is 0. The summed E-state index contributed by atoms with van der Waals surface area (Å²) in [5, 5.41) is 47.4. The fourth-order valence-electron chi connectivity index (χ4n) is 6.31. The first-order valence-electron chi connectivity index (χ1n) is 12.1. The number of fused-ring (bicyclic) bond motifs is 3. The summed E-state index contributed by atoms with van der Waals surface area (Å²) in [7, 11) is 6.81. The van der Waals surface area contributed by atoms with Crippen molar-refractivity contribution in [3.63, 3.8) is 0 Å². The highest BCUT2D eigenvalue weighted by Crippen LogP contribution is 2.55. The molecule has 200 valence electrons. The number of ketones is 2. The number of primary amides is 1. The molecule has 1 amide bonds. The lowest BCUT2D eigenvalue weighted by Crippen LogP contribution is -2.65. The molecule has 0 spiro atoms. The quantitative estimate of drug-likeness (QED) is 0.364. The predicted octanol–water partition coefficient (Wildman–Crippen LogP) is 1.76. The minimum Gasteiger partial charge on any atom is -0.508 e. The molecule has 10 nitrogen and oxygen atoms in total. The number of thiophene rings is 1. The van der Waals surface area contributed by atoms with Gasteiger partial charge in [0, 0.05) is 41.7 Å². The minimum atomic E-state index is -2.66. The van der Waals surface area contributed by atoms with Gasteiger partial charge in [0.2, 0.25) is 5.78 Å². The second kappa shape index (κ2) is 8.69. The Labute approximate surface area is 222 Å². The van der Waals surface area contributed by atoms with Crippen molar-refractivity contribution in [2.75, 3.05) is 33.1 Å². The van der Waals surface area contributed by atoms with E-state index in [0.29, 0.717) is 11.1 Å². The number of aliphatic hydroxyl groups excluding tert-OH is 2. The first kappa shape index (κ1) is 26.0. The molecule has 0 radical (unpaired) electrons. The summed E-state index contributed by atoms with van der Waals surface area (Å²) in [6.07, 6.45) is 0.284. The van der Waals surface area contributed by atoms with Gasteiger partial charge in [0.05, 0.1) is 11.6 Å². The number of Topliss-reactive ketones (excluding diaryl/α,β-unsaturated/α-hetero) is 2. The van der Waals surface area contributed by atoms with E-state index in [0.717, 1.165) is 10.6 Å². The molecule has 1 heterocycles. The third kappa shape index (κ3) is 3.35. The Morgan fingerprint density at radius 2 is 1.84 bits per heavy atom. The smallest absolute Gasteiger partial charge is 0.255 e. The molecule has 2 aromatic rings. The summed E-state index contributed by atoms with van der Waals surface area (Å²) in [4.78, 5) is 43.4. The van der Waals surface area contributed by atoms with Crippen LogP contribution in [0.4, 0.5) is 5.69 Å². The van der Waals surface area contributed by atoms with Crippen LogP contribution in [0.25, 0.3) is 16.2 Å². The van der Waals surface area contributed by atoms with Crippen LogP contribution < -0.4 is 10.6 Å². The second-order valence-corrected chi connectivity index (χ2v) is 11.4. The van der Waals surface area contributed by atoms with Crippen LogP contribution in [0.3, 0.4) is 0 Å². The minimum absolute atomic E-state index is 0.0477. The monoisotopic (exact) mass is 539 g/mol. The van der Waals surface area contributed by atoms with Gasteiger partial charge in [-0.2, -0.15) is 0 Å². The third-order valence-corrected chi connectivity index (χ3v) is 8.87. The highest BCUT2D eigenvalue weighted by Gasteiger charge is 2.64. The van der Waals surface area contributed by atoms with Gasteiger partial charge in [-0.15, -0.1) is 11.3 Å². The Kier molecular flexibility index (Phi) is 5.93. The van der Waals surface area contributed by atoms with Gasteiger partial charge in [-0.05, 0) is 55.9 Å². The first-order chi connectivity index (χ1) is 17.8. The van der Waals surface area contributed by atoms with Crippen LogP contribution in [-0.2, 0) is 20.8 Å². The van der Waals surface area contributed by atoms with Crippen molar-refractivity contribution >= 4 is 40.3 Å². The number of benzene rings is 1. The molecule has 3 aliphatic rings. The number of hydrogen-bond acceptors (Lipinski definition) is 10. The lowest BCUT2D eigenvalue weighted by Gasteiger charge is -2.50. The predicted molar refractivity (Wildman–Crippen MR) is 142 cm³/mol. The number of carbonyl (C=O) groups excluding carboxylic acids is 3.